The van der Waals surface area contributed by atoms with Gasteiger partial charge in [0.15, 0.2) is 11.6 Å². The van der Waals surface area contributed by atoms with Crippen molar-refractivity contribution >= 4 is 11.8 Å². The molecule has 18 heavy (non-hydrogen) atoms. The van der Waals surface area contributed by atoms with Gasteiger partial charge in [0.2, 0.25) is 0 Å². The summed E-state index contributed by atoms with van der Waals surface area (Å²) in [6.07, 6.45) is 2.55. The topological polar surface area (TPSA) is 55.3 Å². The molecule has 1 aromatic rings. The van der Waals surface area contributed by atoms with Crippen LogP contribution in [0.1, 0.15) is 19.0 Å². The average Bonchev–Trinajstić information content (AvgIpc) is 2.87. The van der Waals surface area contributed by atoms with Crippen molar-refractivity contribution in [3.8, 4) is 0 Å². The zero-order valence-electron chi connectivity index (χ0n) is 10.5. The molecule has 1 saturated heterocycles. The lowest BCUT2D eigenvalue weighted by molar-refractivity contribution is -0.144. The summed E-state index contributed by atoms with van der Waals surface area (Å²) in [5.41, 5.74) is 0.404. The number of halogens is 1. The Morgan fingerprint density at radius 2 is 2.39 bits per heavy atom. The van der Waals surface area contributed by atoms with Crippen LogP contribution in [0.15, 0.2) is 6.33 Å². The molecule has 98 valence electrons. The fraction of sp³-hybridized carbons (Fsp3) is 0.583. The lowest BCUT2D eigenvalue weighted by Gasteiger charge is -2.18. The fourth-order valence-electron chi connectivity index (χ4n) is 2.17. The van der Waals surface area contributed by atoms with Crippen LogP contribution in [0.5, 0.6) is 0 Å². The molecular formula is C12H16FN3O2. The predicted octanol–water partition coefficient (Wildman–Crippen LogP) is 1.18. The van der Waals surface area contributed by atoms with Crippen molar-refractivity contribution in [2.45, 2.75) is 19.8 Å². The molecule has 1 unspecified atom stereocenters. The summed E-state index contributed by atoms with van der Waals surface area (Å²) in [5.74, 6) is -0.545. The highest BCUT2D eigenvalue weighted by atomic mass is 19.1. The Labute approximate surface area is 105 Å². The van der Waals surface area contributed by atoms with E-state index < -0.39 is 0 Å². The minimum atomic E-state index is -0.384. The first kappa shape index (κ1) is 12.7. The second-order valence-corrected chi connectivity index (χ2v) is 4.27. The molecule has 1 aliphatic rings. The third-order valence-electron chi connectivity index (χ3n) is 3.20. The Balaban J connectivity index is 2.17. The molecule has 0 amide bonds. The number of anilines is 1. The van der Waals surface area contributed by atoms with E-state index in [9.17, 15) is 9.18 Å². The Kier molecular flexibility index (Phi) is 3.74. The standard InChI is InChI=1S/C12H16FN3O2/c1-3-9-10(13)11(15-7-14-9)16-5-4-8(6-16)12(17)18-2/h7-8H,3-6H2,1-2H3. The van der Waals surface area contributed by atoms with Crippen molar-refractivity contribution in [2.24, 2.45) is 5.92 Å². The molecule has 0 radical (unpaired) electrons. The molecule has 0 N–H and O–H groups in total. The van der Waals surface area contributed by atoms with Crippen LogP contribution in [0.2, 0.25) is 0 Å². The number of ether oxygens (including phenoxy) is 1. The highest BCUT2D eigenvalue weighted by molar-refractivity contribution is 5.74. The molecule has 5 nitrogen and oxygen atoms in total. The molecule has 2 rings (SSSR count). The molecule has 0 aromatic carbocycles. The highest BCUT2D eigenvalue weighted by Gasteiger charge is 2.31. The number of aromatic nitrogens is 2. The van der Waals surface area contributed by atoms with Crippen LogP contribution in [0.25, 0.3) is 0 Å². The van der Waals surface area contributed by atoms with Gasteiger partial charge in [0.25, 0.3) is 0 Å². The largest absolute Gasteiger partial charge is 0.469 e. The van der Waals surface area contributed by atoms with Gasteiger partial charge in [-0.15, -0.1) is 0 Å². The van der Waals surface area contributed by atoms with Crippen LogP contribution in [0, 0.1) is 11.7 Å². The SMILES string of the molecule is CCc1ncnc(N2CCC(C(=O)OC)C2)c1F. The van der Waals surface area contributed by atoms with Crippen molar-refractivity contribution in [2.75, 3.05) is 25.1 Å². The summed E-state index contributed by atoms with van der Waals surface area (Å²) in [7, 11) is 1.37. The van der Waals surface area contributed by atoms with E-state index in [-0.39, 0.29) is 23.5 Å². The van der Waals surface area contributed by atoms with Crippen molar-refractivity contribution in [1.82, 2.24) is 9.97 Å². The van der Waals surface area contributed by atoms with Crippen LogP contribution in [-0.4, -0.2) is 36.1 Å². The van der Waals surface area contributed by atoms with Gasteiger partial charge < -0.3 is 9.64 Å². The van der Waals surface area contributed by atoms with Crippen molar-refractivity contribution in [3.63, 3.8) is 0 Å². The molecular weight excluding hydrogens is 237 g/mol. The normalized spacial score (nSPS) is 19.1. The lowest BCUT2D eigenvalue weighted by atomic mass is 10.1. The van der Waals surface area contributed by atoms with Gasteiger partial charge in [-0.25, -0.2) is 14.4 Å². The molecule has 0 spiro atoms. The highest BCUT2D eigenvalue weighted by Crippen LogP contribution is 2.25. The molecule has 0 saturated carbocycles. The maximum atomic E-state index is 14.1. The van der Waals surface area contributed by atoms with Crippen molar-refractivity contribution < 1.29 is 13.9 Å². The lowest BCUT2D eigenvalue weighted by Crippen LogP contribution is -2.25. The van der Waals surface area contributed by atoms with Crippen LogP contribution < -0.4 is 4.90 Å². The van der Waals surface area contributed by atoms with Gasteiger partial charge in [-0.05, 0) is 12.8 Å². The van der Waals surface area contributed by atoms with Gasteiger partial charge in [-0.1, -0.05) is 6.92 Å². The second-order valence-electron chi connectivity index (χ2n) is 4.27. The van der Waals surface area contributed by atoms with Crippen LogP contribution in [0.4, 0.5) is 10.2 Å². The second kappa shape index (κ2) is 5.29. The van der Waals surface area contributed by atoms with E-state index in [2.05, 4.69) is 9.97 Å². The van der Waals surface area contributed by atoms with E-state index >= 15 is 0 Å². The number of esters is 1. The summed E-state index contributed by atoms with van der Waals surface area (Å²) in [6, 6.07) is 0. The van der Waals surface area contributed by atoms with E-state index in [0.29, 0.717) is 31.6 Å². The number of hydrogen-bond donors (Lipinski definition) is 0. The van der Waals surface area contributed by atoms with E-state index in [4.69, 9.17) is 4.74 Å². The van der Waals surface area contributed by atoms with E-state index in [1.165, 1.54) is 13.4 Å². The fourth-order valence-corrected chi connectivity index (χ4v) is 2.17. The zero-order chi connectivity index (χ0) is 13.1. The van der Waals surface area contributed by atoms with E-state index in [1.807, 2.05) is 6.92 Å². The first-order valence-electron chi connectivity index (χ1n) is 5.99. The number of methoxy groups -OCH3 is 1. The molecule has 2 heterocycles. The monoisotopic (exact) mass is 253 g/mol. The molecule has 6 heteroatoms. The van der Waals surface area contributed by atoms with E-state index in [0.717, 1.165) is 0 Å². The number of nitrogens with zero attached hydrogens (tertiary/aromatic N) is 3. The number of aryl methyl sites for hydroxylation is 1. The van der Waals surface area contributed by atoms with Gasteiger partial charge in [-0.3, -0.25) is 4.79 Å². The van der Waals surface area contributed by atoms with Crippen molar-refractivity contribution in [3.05, 3.63) is 17.8 Å². The Hall–Kier alpha value is -1.72. The third kappa shape index (κ3) is 2.27. The first-order valence-corrected chi connectivity index (χ1v) is 5.99. The smallest absolute Gasteiger partial charge is 0.310 e. The van der Waals surface area contributed by atoms with Gasteiger partial charge in [0, 0.05) is 13.1 Å². The number of carbonyl (C=O) groups is 1. The Morgan fingerprint density at radius 1 is 1.61 bits per heavy atom. The van der Waals surface area contributed by atoms with Crippen molar-refractivity contribution in [1.29, 1.82) is 0 Å². The predicted molar refractivity (Wildman–Crippen MR) is 63.7 cm³/mol. The maximum absolute atomic E-state index is 14.1. The summed E-state index contributed by atoms with van der Waals surface area (Å²) >= 11 is 0. The molecule has 0 aliphatic carbocycles. The third-order valence-corrected chi connectivity index (χ3v) is 3.20. The maximum Gasteiger partial charge on any atom is 0.310 e. The first-order chi connectivity index (χ1) is 8.67. The Morgan fingerprint density at radius 3 is 3.06 bits per heavy atom. The summed E-state index contributed by atoms with van der Waals surface area (Å²) in [6.45, 7) is 2.90. The summed E-state index contributed by atoms with van der Waals surface area (Å²) in [5, 5.41) is 0. The molecule has 1 atom stereocenters. The Bertz CT molecular complexity index is 453. The summed E-state index contributed by atoms with van der Waals surface area (Å²) in [4.78, 5) is 21.1. The number of hydrogen-bond acceptors (Lipinski definition) is 5. The van der Waals surface area contributed by atoms with Crippen LogP contribution >= 0.6 is 0 Å². The summed E-state index contributed by atoms with van der Waals surface area (Å²) < 4.78 is 18.8. The van der Waals surface area contributed by atoms with Gasteiger partial charge in [0.1, 0.15) is 6.33 Å². The molecule has 1 fully saturated rings. The number of rotatable bonds is 3. The molecule has 0 bridgehead atoms. The minimum absolute atomic E-state index is 0.200. The van der Waals surface area contributed by atoms with Gasteiger partial charge in [-0.2, -0.15) is 0 Å². The van der Waals surface area contributed by atoms with Crippen LogP contribution in [-0.2, 0) is 16.0 Å². The van der Waals surface area contributed by atoms with E-state index in [1.54, 1.807) is 4.90 Å². The van der Waals surface area contributed by atoms with Crippen LogP contribution in [0.3, 0.4) is 0 Å². The molecule has 1 aromatic heterocycles. The van der Waals surface area contributed by atoms with Gasteiger partial charge >= 0.3 is 5.97 Å². The number of carbonyl (C=O) groups excluding carboxylic acids is 1. The van der Waals surface area contributed by atoms with Gasteiger partial charge in [0.05, 0.1) is 18.7 Å². The quantitative estimate of drug-likeness (QED) is 0.757. The zero-order valence-corrected chi connectivity index (χ0v) is 10.5. The molecule has 1 aliphatic heterocycles. The minimum Gasteiger partial charge on any atom is -0.469 e. The average molecular weight is 253 g/mol.